The van der Waals surface area contributed by atoms with Gasteiger partial charge in [-0.3, -0.25) is 4.79 Å². The van der Waals surface area contributed by atoms with Gasteiger partial charge in [0.05, 0.1) is 0 Å². The number of likely N-dealkylation sites (tertiary alicyclic amines) is 1. The van der Waals surface area contributed by atoms with Crippen LogP contribution >= 0.6 is 0 Å². The third kappa shape index (κ3) is 3.01. The molecule has 1 amide bonds. The maximum atomic E-state index is 12.1. The van der Waals surface area contributed by atoms with E-state index in [1.165, 1.54) is 0 Å². The summed E-state index contributed by atoms with van der Waals surface area (Å²) in [5.41, 5.74) is 1.34. The predicted molar refractivity (Wildman–Crippen MR) is 70.8 cm³/mol. The molecule has 1 fully saturated rings. The van der Waals surface area contributed by atoms with E-state index in [1.54, 1.807) is 25.1 Å². The molecule has 98 valence electrons. The van der Waals surface area contributed by atoms with Gasteiger partial charge >= 0.3 is 0 Å². The second kappa shape index (κ2) is 5.40. The Kier molecular flexibility index (Phi) is 3.87. The van der Waals surface area contributed by atoms with Gasteiger partial charge in [-0.05, 0) is 63.7 Å². The highest BCUT2D eigenvalue weighted by atomic mass is 16.3. The zero-order valence-electron chi connectivity index (χ0n) is 10.9. The highest BCUT2D eigenvalue weighted by Gasteiger charge is 2.19. The number of phenols is 1. The van der Waals surface area contributed by atoms with E-state index in [1.807, 2.05) is 0 Å². The van der Waals surface area contributed by atoms with Crippen molar-refractivity contribution in [2.45, 2.75) is 25.8 Å². The van der Waals surface area contributed by atoms with Gasteiger partial charge in [-0.15, -0.1) is 0 Å². The van der Waals surface area contributed by atoms with E-state index in [2.05, 4.69) is 17.3 Å². The molecule has 18 heavy (non-hydrogen) atoms. The molecule has 2 N–H and O–H groups in total. The van der Waals surface area contributed by atoms with E-state index < -0.39 is 0 Å². The van der Waals surface area contributed by atoms with Crippen molar-refractivity contribution in [1.29, 1.82) is 0 Å². The molecule has 0 aliphatic carbocycles. The van der Waals surface area contributed by atoms with E-state index in [-0.39, 0.29) is 17.7 Å². The Morgan fingerprint density at radius 2 is 2.06 bits per heavy atom. The molecule has 0 bridgehead atoms. The van der Waals surface area contributed by atoms with Crippen molar-refractivity contribution in [3.8, 4) is 5.75 Å². The van der Waals surface area contributed by atoms with Crippen LogP contribution < -0.4 is 5.32 Å². The van der Waals surface area contributed by atoms with E-state index in [0.29, 0.717) is 5.56 Å². The number of hydrogen-bond acceptors (Lipinski definition) is 3. The van der Waals surface area contributed by atoms with Gasteiger partial charge < -0.3 is 15.3 Å². The second-order valence-electron chi connectivity index (χ2n) is 5.05. The first kappa shape index (κ1) is 12.9. The molecular weight excluding hydrogens is 228 g/mol. The zero-order valence-corrected chi connectivity index (χ0v) is 10.9. The maximum Gasteiger partial charge on any atom is 0.251 e. The van der Waals surface area contributed by atoms with Crippen molar-refractivity contribution in [2.75, 3.05) is 20.1 Å². The number of piperidine rings is 1. The van der Waals surface area contributed by atoms with Crippen LogP contribution in [-0.4, -0.2) is 42.1 Å². The minimum Gasteiger partial charge on any atom is -0.508 e. The lowest BCUT2D eigenvalue weighted by molar-refractivity contribution is 0.0917. The van der Waals surface area contributed by atoms with Crippen molar-refractivity contribution in [3.05, 3.63) is 29.3 Å². The minimum atomic E-state index is -0.0485. The van der Waals surface area contributed by atoms with Gasteiger partial charge in [0.15, 0.2) is 0 Å². The van der Waals surface area contributed by atoms with Gasteiger partial charge in [0.1, 0.15) is 5.75 Å². The first-order chi connectivity index (χ1) is 8.56. The fourth-order valence-corrected chi connectivity index (χ4v) is 2.22. The van der Waals surface area contributed by atoms with Crippen LogP contribution in [0.2, 0.25) is 0 Å². The van der Waals surface area contributed by atoms with E-state index in [9.17, 15) is 9.90 Å². The van der Waals surface area contributed by atoms with E-state index in [4.69, 9.17) is 0 Å². The molecule has 1 aromatic carbocycles. The lowest BCUT2D eigenvalue weighted by atomic mass is 10.0. The van der Waals surface area contributed by atoms with Crippen LogP contribution in [0.15, 0.2) is 18.2 Å². The summed E-state index contributed by atoms with van der Waals surface area (Å²) in [6.07, 6.45) is 2.00. The molecule has 0 unspecified atom stereocenters. The largest absolute Gasteiger partial charge is 0.508 e. The molecule has 0 saturated carbocycles. The monoisotopic (exact) mass is 248 g/mol. The summed E-state index contributed by atoms with van der Waals surface area (Å²) in [4.78, 5) is 14.3. The number of rotatable bonds is 2. The van der Waals surface area contributed by atoms with Gasteiger partial charge in [0, 0.05) is 11.6 Å². The first-order valence-electron chi connectivity index (χ1n) is 6.35. The molecule has 1 saturated heterocycles. The number of hydrogen-bond donors (Lipinski definition) is 2. The summed E-state index contributed by atoms with van der Waals surface area (Å²) in [6.45, 7) is 3.85. The van der Waals surface area contributed by atoms with Gasteiger partial charge in [-0.2, -0.15) is 0 Å². The average molecular weight is 248 g/mol. The Labute approximate surface area is 108 Å². The van der Waals surface area contributed by atoms with Crippen LogP contribution in [0, 0.1) is 6.92 Å². The summed E-state index contributed by atoms with van der Waals surface area (Å²) in [6, 6.07) is 5.22. The lowest BCUT2D eigenvalue weighted by Crippen LogP contribution is -2.43. The topological polar surface area (TPSA) is 52.6 Å². The van der Waals surface area contributed by atoms with Gasteiger partial charge in [-0.1, -0.05) is 0 Å². The maximum absolute atomic E-state index is 12.1. The van der Waals surface area contributed by atoms with Gasteiger partial charge in [-0.25, -0.2) is 0 Å². The van der Waals surface area contributed by atoms with Crippen LogP contribution in [0.4, 0.5) is 0 Å². The van der Waals surface area contributed by atoms with Crippen LogP contribution in [-0.2, 0) is 0 Å². The van der Waals surface area contributed by atoms with Crippen LogP contribution in [0.3, 0.4) is 0 Å². The number of amides is 1. The number of carbonyl (C=O) groups is 1. The van der Waals surface area contributed by atoms with Crippen LogP contribution in [0.1, 0.15) is 28.8 Å². The molecule has 1 aromatic rings. The van der Waals surface area contributed by atoms with Crippen molar-refractivity contribution < 1.29 is 9.90 Å². The summed E-state index contributed by atoms with van der Waals surface area (Å²) in [5, 5.41) is 12.5. The molecule has 1 aliphatic heterocycles. The number of phenolic OH excluding ortho intramolecular Hbond substituents is 1. The molecule has 2 rings (SSSR count). The standard InChI is InChI=1S/C14H20N2O2/c1-10-9-11(3-4-13(10)17)14(18)15-12-5-7-16(2)8-6-12/h3-4,9,12,17H,5-8H2,1-2H3,(H,15,18). The first-order valence-corrected chi connectivity index (χ1v) is 6.35. The molecule has 1 aliphatic rings. The fraction of sp³-hybridized carbons (Fsp3) is 0.500. The third-order valence-corrected chi connectivity index (χ3v) is 3.51. The number of nitrogens with one attached hydrogen (secondary N) is 1. The predicted octanol–water partition coefficient (Wildman–Crippen LogP) is 1.52. The molecule has 1 heterocycles. The van der Waals surface area contributed by atoms with Crippen LogP contribution in [0.5, 0.6) is 5.75 Å². The molecular formula is C14H20N2O2. The molecule has 0 atom stereocenters. The smallest absolute Gasteiger partial charge is 0.251 e. The highest BCUT2D eigenvalue weighted by molar-refractivity contribution is 5.94. The summed E-state index contributed by atoms with van der Waals surface area (Å²) >= 11 is 0. The highest BCUT2D eigenvalue weighted by Crippen LogP contribution is 2.17. The second-order valence-corrected chi connectivity index (χ2v) is 5.05. The van der Waals surface area contributed by atoms with E-state index in [0.717, 1.165) is 31.5 Å². The van der Waals surface area contributed by atoms with Crippen molar-refractivity contribution in [1.82, 2.24) is 10.2 Å². The number of aromatic hydroxyl groups is 1. The lowest BCUT2D eigenvalue weighted by Gasteiger charge is -2.29. The van der Waals surface area contributed by atoms with Crippen LogP contribution in [0.25, 0.3) is 0 Å². The summed E-state index contributed by atoms with van der Waals surface area (Å²) in [5.74, 6) is 0.179. The molecule has 4 heteroatoms. The van der Waals surface area contributed by atoms with Gasteiger partial charge in [0.2, 0.25) is 0 Å². The molecule has 0 radical (unpaired) electrons. The van der Waals surface area contributed by atoms with Crippen molar-refractivity contribution in [3.63, 3.8) is 0 Å². The average Bonchev–Trinajstić information content (AvgIpc) is 2.35. The number of aryl methyl sites for hydroxylation is 1. The third-order valence-electron chi connectivity index (χ3n) is 3.51. The fourth-order valence-electron chi connectivity index (χ4n) is 2.22. The summed E-state index contributed by atoms with van der Waals surface area (Å²) in [7, 11) is 2.10. The van der Waals surface area contributed by atoms with E-state index >= 15 is 0 Å². The Morgan fingerprint density at radius 3 is 2.67 bits per heavy atom. The number of carbonyl (C=O) groups excluding carboxylic acids is 1. The van der Waals surface area contributed by atoms with Gasteiger partial charge in [0.25, 0.3) is 5.91 Å². The Balaban J connectivity index is 1.97. The summed E-state index contributed by atoms with van der Waals surface area (Å²) < 4.78 is 0. The Morgan fingerprint density at radius 1 is 1.39 bits per heavy atom. The molecule has 4 nitrogen and oxygen atoms in total. The zero-order chi connectivity index (χ0) is 13.1. The Hall–Kier alpha value is -1.55. The van der Waals surface area contributed by atoms with Crippen molar-refractivity contribution >= 4 is 5.91 Å². The van der Waals surface area contributed by atoms with Crippen molar-refractivity contribution in [2.24, 2.45) is 0 Å². The minimum absolute atomic E-state index is 0.0485. The molecule has 0 spiro atoms. The number of nitrogens with zero attached hydrogens (tertiary/aromatic N) is 1. The number of benzene rings is 1. The Bertz CT molecular complexity index is 437. The normalized spacial score (nSPS) is 17.7. The SMILES string of the molecule is Cc1cc(C(=O)NC2CCN(C)CC2)ccc1O. The molecule has 0 aromatic heterocycles. The quantitative estimate of drug-likeness (QED) is 0.834.